The number of hydrogen-bond acceptors (Lipinski definition) is 9. The molecular weight excluding hydrogens is 470 g/mol. The number of benzene rings is 1. The number of halogens is 2. The lowest BCUT2D eigenvalue weighted by Crippen LogP contribution is -2.44. The second-order valence-corrected chi connectivity index (χ2v) is 8.09. The first-order valence-electron chi connectivity index (χ1n) is 10.2. The first kappa shape index (κ1) is 25.3. The molecule has 3 aromatic rings. The molecule has 0 bridgehead atoms. The second-order valence-electron chi connectivity index (χ2n) is 8.09. The molecule has 0 saturated carbocycles. The molecule has 1 amide bonds. The summed E-state index contributed by atoms with van der Waals surface area (Å²) in [4.78, 5) is 31.5. The zero-order valence-electron chi connectivity index (χ0n) is 18.9. The van der Waals surface area contributed by atoms with Crippen LogP contribution in [-0.4, -0.2) is 50.5 Å². The van der Waals surface area contributed by atoms with E-state index in [0.717, 1.165) is 6.20 Å². The molecule has 186 valence electrons. The molecule has 1 aromatic carbocycles. The van der Waals surface area contributed by atoms with Crippen LogP contribution in [0.25, 0.3) is 11.4 Å². The number of carboxylic acids is 1. The number of alkyl carbamates (subject to hydrolysis) is 1. The zero-order valence-corrected chi connectivity index (χ0v) is 18.9. The van der Waals surface area contributed by atoms with Crippen molar-refractivity contribution in [2.75, 3.05) is 0 Å². The summed E-state index contributed by atoms with van der Waals surface area (Å²) in [6.45, 7) is 2.02. The number of nitrogens with zero attached hydrogens (tertiary/aromatic N) is 3. The van der Waals surface area contributed by atoms with Gasteiger partial charge in [-0.15, -0.1) is 0 Å². The third-order valence-corrected chi connectivity index (χ3v) is 4.11. The van der Waals surface area contributed by atoms with Crippen molar-refractivity contribution in [2.45, 2.75) is 45.4 Å². The average molecular weight is 492 g/mol. The lowest BCUT2D eigenvalue weighted by atomic mass is 10.2. The van der Waals surface area contributed by atoms with Crippen molar-refractivity contribution in [3.63, 3.8) is 0 Å². The summed E-state index contributed by atoms with van der Waals surface area (Å²) >= 11 is 0. The van der Waals surface area contributed by atoms with Crippen LogP contribution in [0.2, 0.25) is 0 Å². The number of aromatic nitrogens is 3. The van der Waals surface area contributed by atoms with Crippen LogP contribution >= 0.6 is 0 Å². The Bertz CT molecular complexity index is 1150. The Kier molecular flexibility index (Phi) is 7.79. The molecule has 0 aliphatic heterocycles. The van der Waals surface area contributed by atoms with E-state index in [1.807, 2.05) is 0 Å². The minimum Gasteiger partial charge on any atom is -0.480 e. The fourth-order valence-corrected chi connectivity index (χ4v) is 2.67. The molecule has 0 spiro atoms. The molecule has 35 heavy (non-hydrogen) atoms. The van der Waals surface area contributed by atoms with Crippen LogP contribution in [0.5, 0.6) is 17.4 Å². The summed E-state index contributed by atoms with van der Waals surface area (Å²) in [7, 11) is 0. The molecule has 2 aromatic heterocycles. The summed E-state index contributed by atoms with van der Waals surface area (Å²) < 4.78 is 44.4. The first-order chi connectivity index (χ1) is 16.5. The molecule has 0 saturated heterocycles. The number of carbonyl (C=O) groups is 2. The minimum atomic E-state index is -2.95. The Balaban J connectivity index is 1.61. The lowest BCUT2D eigenvalue weighted by Gasteiger charge is -2.21. The summed E-state index contributed by atoms with van der Waals surface area (Å²) in [6, 6.07) is 7.80. The highest BCUT2D eigenvalue weighted by Crippen LogP contribution is 2.25. The number of hydrogen-bond donors (Lipinski definition) is 2. The van der Waals surface area contributed by atoms with Gasteiger partial charge in [0.15, 0.2) is 0 Å². The van der Waals surface area contributed by atoms with Crippen molar-refractivity contribution in [1.29, 1.82) is 0 Å². The molecule has 1 unspecified atom stereocenters. The van der Waals surface area contributed by atoms with Crippen LogP contribution < -0.4 is 14.8 Å². The van der Waals surface area contributed by atoms with Gasteiger partial charge in [0.1, 0.15) is 23.1 Å². The van der Waals surface area contributed by atoms with E-state index in [4.69, 9.17) is 14.0 Å². The molecule has 2 heterocycles. The first-order valence-corrected chi connectivity index (χ1v) is 10.2. The molecular formula is C22H22F2N4O7. The Hall–Kier alpha value is -4.29. The summed E-state index contributed by atoms with van der Waals surface area (Å²) in [5.74, 6) is -0.626. The van der Waals surface area contributed by atoms with E-state index in [-0.39, 0.29) is 29.8 Å². The zero-order chi connectivity index (χ0) is 25.6. The number of carboxylic acid groups (broad SMARTS) is 1. The van der Waals surface area contributed by atoms with Gasteiger partial charge in [0, 0.05) is 11.6 Å². The van der Waals surface area contributed by atoms with E-state index >= 15 is 0 Å². The van der Waals surface area contributed by atoms with Crippen LogP contribution in [0.3, 0.4) is 0 Å². The van der Waals surface area contributed by atoms with Gasteiger partial charge in [0.05, 0.1) is 12.6 Å². The predicted molar refractivity (Wildman–Crippen MR) is 115 cm³/mol. The number of rotatable bonds is 9. The molecule has 1 atom stereocenters. The Morgan fingerprint density at radius 3 is 2.37 bits per heavy atom. The number of aliphatic carboxylic acids is 1. The maximum atomic E-state index is 12.2. The lowest BCUT2D eigenvalue weighted by molar-refractivity contribution is -0.139. The molecule has 3 rings (SSSR count). The van der Waals surface area contributed by atoms with Gasteiger partial charge in [0.25, 0.3) is 0 Å². The number of alkyl halides is 2. The summed E-state index contributed by atoms with van der Waals surface area (Å²) in [5.41, 5.74) is -0.240. The van der Waals surface area contributed by atoms with Gasteiger partial charge in [-0.05, 0) is 51.1 Å². The van der Waals surface area contributed by atoms with E-state index in [9.17, 15) is 23.5 Å². The van der Waals surface area contributed by atoms with E-state index in [0.29, 0.717) is 11.3 Å². The second kappa shape index (κ2) is 10.8. The highest BCUT2D eigenvalue weighted by Gasteiger charge is 2.26. The van der Waals surface area contributed by atoms with Crippen LogP contribution in [-0.2, 0) is 16.0 Å². The van der Waals surface area contributed by atoms with E-state index in [1.54, 1.807) is 45.0 Å². The predicted octanol–water partition coefficient (Wildman–Crippen LogP) is 4.05. The van der Waals surface area contributed by atoms with Crippen LogP contribution in [0.4, 0.5) is 13.6 Å². The third-order valence-electron chi connectivity index (χ3n) is 4.11. The monoisotopic (exact) mass is 492 g/mol. The van der Waals surface area contributed by atoms with Gasteiger partial charge in [0.2, 0.25) is 17.6 Å². The Morgan fingerprint density at radius 2 is 1.80 bits per heavy atom. The minimum absolute atomic E-state index is 0.000841. The van der Waals surface area contributed by atoms with Crippen LogP contribution in [0, 0.1) is 0 Å². The van der Waals surface area contributed by atoms with E-state index in [1.165, 1.54) is 12.1 Å². The van der Waals surface area contributed by atoms with Gasteiger partial charge in [-0.2, -0.15) is 13.8 Å². The molecule has 0 fully saturated rings. The molecule has 0 radical (unpaired) electrons. The van der Waals surface area contributed by atoms with Crippen molar-refractivity contribution in [1.82, 2.24) is 20.4 Å². The number of ether oxygens (including phenoxy) is 3. The third kappa shape index (κ3) is 7.91. The number of pyridine rings is 1. The van der Waals surface area contributed by atoms with Gasteiger partial charge in [-0.25, -0.2) is 14.6 Å². The maximum Gasteiger partial charge on any atom is 0.408 e. The number of nitrogens with one attached hydrogen (secondary N) is 1. The fourth-order valence-electron chi connectivity index (χ4n) is 2.67. The molecule has 0 aliphatic carbocycles. The Morgan fingerprint density at radius 1 is 1.11 bits per heavy atom. The topological polar surface area (TPSA) is 146 Å². The molecule has 2 N–H and O–H groups in total. The summed E-state index contributed by atoms with van der Waals surface area (Å²) in [5, 5.41) is 15.5. The van der Waals surface area contributed by atoms with Crippen molar-refractivity contribution in [3.8, 4) is 28.8 Å². The van der Waals surface area contributed by atoms with Gasteiger partial charge in [-0.3, -0.25) is 0 Å². The number of amides is 1. The largest absolute Gasteiger partial charge is 0.480 e. The smallest absolute Gasteiger partial charge is 0.408 e. The van der Waals surface area contributed by atoms with Gasteiger partial charge < -0.3 is 29.2 Å². The SMILES string of the molecule is CC(C)(C)OC(=O)NC(Cc1nc(-c2ccc(Oc3ccc(OC(F)F)cn3)cc2)no1)C(=O)O. The van der Waals surface area contributed by atoms with Gasteiger partial charge >= 0.3 is 18.7 Å². The average Bonchev–Trinajstić information content (AvgIpc) is 3.22. The fraction of sp³-hybridized carbons (Fsp3) is 0.318. The van der Waals surface area contributed by atoms with Crippen molar-refractivity contribution in [3.05, 3.63) is 48.5 Å². The molecule has 13 heteroatoms. The van der Waals surface area contributed by atoms with Crippen molar-refractivity contribution in [2.24, 2.45) is 0 Å². The highest BCUT2D eigenvalue weighted by atomic mass is 19.3. The van der Waals surface area contributed by atoms with Gasteiger partial charge in [-0.1, -0.05) is 5.16 Å². The number of carbonyl (C=O) groups excluding carboxylic acids is 1. The molecule has 11 nitrogen and oxygen atoms in total. The van der Waals surface area contributed by atoms with Crippen molar-refractivity contribution >= 4 is 12.1 Å². The quantitative estimate of drug-likeness (QED) is 0.448. The highest BCUT2D eigenvalue weighted by molar-refractivity contribution is 5.80. The van der Waals surface area contributed by atoms with E-state index < -0.39 is 30.3 Å². The van der Waals surface area contributed by atoms with Crippen molar-refractivity contribution < 1.29 is 42.2 Å². The van der Waals surface area contributed by atoms with Crippen LogP contribution in [0.1, 0.15) is 26.7 Å². The van der Waals surface area contributed by atoms with Crippen LogP contribution in [0.15, 0.2) is 47.1 Å². The Labute approximate surface area is 198 Å². The standard InChI is InChI=1S/C22H22F2N4O7/c1-22(2,3)34-21(31)26-15(19(29)30)10-17-27-18(28-35-17)12-4-6-13(7-5-12)32-16-9-8-14(11-25-16)33-20(23)24/h4-9,11,15,20H,10H2,1-3H3,(H,26,31)(H,29,30). The van der Waals surface area contributed by atoms with E-state index in [2.05, 4.69) is 25.2 Å². The normalized spacial score (nSPS) is 12.2. The molecule has 0 aliphatic rings. The summed E-state index contributed by atoms with van der Waals surface area (Å²) in [6.07, 6.45) is -0.0238. The maximum absolute atomic E-state index is 12.2.